The summed E-state index contributed by atoms with van der Waals surface area (Å²) in [4.78, 5) is 25.1. The zero-order valence-electron chi connectivity index (χ0n) is 16.3. The fourth-order valence-electron chi connectivity index (χ4n) is 4.05. The van der Waals surface area contributed by atoms with Crippen LogP contribution in [0.4, 0.5) is 0 Å². The van der Waals surface area contributed by atoms with E-state index in [1.165, 1.54) is 37.3 Å². The van der Waals surface area contributed by atoms with Crippen molar-refractivity contribution in [3.8, 4) is 0 Å². The lowest BCUT2D eigenvalue weighted by molar-refractivity contribution is -0.00782. The maximum atomic E-state index is 12.7. The Kier molecular flexibility index (Phi) is 5.81. The predicted molar refractivity (Wildman–Crippen MR) is 103 cm³/mol. The van der Waals surface area contributed by atoms with Gasteiger partial charge in [0, 0.05) is 31.7 Å². The number of rotatable bonds is 5. The lowest BCUT2D eigenvalue weighted by atomic mass is 9.96. The van der Waals surface area contributed by atoms with Crippen molar-refractivity contribution in [2.75, 3.05) is 39.8 Å². The number of carbonyl (C=O) groups excluding carboxylic acids is 1. The topological polar surface area (TPSA) is 39.7 Å². The molecule has 0 radical (unpaired) electrons. The minimum atomic E-state index is 0.173. The molecular formula is C19H32N4OS. The normalized spacial score (nSPS) is 20.5. The highest BCUT2D eigenvalue weighted by atomic mass is 32.1. The van der Waals surface area contributed by atoms with Crippen LogP contribution in [-0.4, -0.2) is 77.4 Å². The van der Waals surface area contributed by atoms with Crippen LogP contribution in [0.25, 0.3) is 0 Å². The van der Waals surface area contributed by atoms with E-state index < -0.39 is 0 Å². The maximum Gasteiger partial charge on any atom is 0.265 e. The molecular weight excluding hydrogens is 332 g/mol. The van der Waals surface area contributed by atoms with Crippen molar-refractivity contribution in [3.63, 3.8) is 0 Å². The van der Waals surface area contributed by atoms with E-state index in [9.17, 15) is 4.79 Å². The largest absolute Gasteiger partial charge is 0.335 e. The van der Waals surface area contributed by atoms with Crippen molar-refractivity contribution in [2.45, 2.75) is 52.6 Å². The van der Waals surface area contributed by atoms with Gasteiger partial charge in [0.05, 0.1) is 10.7 Å². The number of hydrogen-bond acceptors (Lipinski definition) is 5. The first kappa shape index (κ1) is 18.8. The number of thiazole rings is 1. The first-order valence-corrected chi connectivity index (χ1v) is 10.3. The van der Waals surface area contributed by atoms with E-state index in [0.29, 0.717) is 18.0 Å². The van der Waals surface area contributed by atoms with Crippen LogP contribution in [-0.2, 0) is 0 Å². The van der Waals surface area contributed by atoms with Crippen LogP contribution < -0.4 is 0 Å². The third kappa shape index (κ3) is 4.23. The van der Waals surface area contributed by atoms with Gasteiger partial charge >= 0.3 is 0 Å². The molecule has 0 unspecified atom stereocenters. The summed E-state index contributed by atoms with van der Waals surface area (Å²) in [5.74, 6) is 0.836. The lowest BCUT2D eigenvalue weighted by Crippen LogP contribution is -2.64. The molecule has 0 atom stereocenters. The minimum absolute atomic E-state index is 0.173. The highest BCUT2D eigenvalue weighted by molar-refractivity contribution is 7.13. The predicted octanol–water partition coefficient (Wildman–Crippen LogP) is 2.64. The molecule has 0 aliphatic carbocycles. The molecule has 2 aliphatic rings. The van der Waals surface area contributed by atoms with Crippen LogP contribution in [0.15, 0.2) is 0 Å². The van der Waals surface area contributed by atoms with E-state index >= 15 is 0 Å². The number of likely N-dealkylation sites (tertiary alicyclic amines) is 2. The molecule has 0 spiro atoms. The van der Waals surface area contributed by atoms with Gasteiger partial charge in [-0.05, 0) is 52.7 Å². The summed E-state index contributed by atoms with van der Waals surface area (Å²) in [6.07, 6.45) is 2.50. The highest BCUT2D eigenvalue weighted by Gasteiger charge is 2.39. The number of hydrogen-bond donors (Lipinski definition) is 0. The average Bonchev–Trinajstić information content (AvgIpc) is 2.83. The van der Waals surface area contributed by atoms with Gasteiger partial charge in [-0.25, -0.2) is 4.98 Å². The molecule has 1 amide bonds. The van der Waals surface area contributed by atoms with Gasteiger partial charge in [-0.3, -0.25) is 9.69 Å². The second-order valence-electron chi connectivity index (χ2n) is 8.14. The van der Waals surface area contributed by atoms with Crippen LogP contribution in [0.2, 0.25) is 0 Å². The summed E-state index contributed by atoms with van der Waals surface area (Å²) in [6.45, 7) is 13.8. The standard InChI is InChI=1S/C19H32N4OS/c1-13(2)10-23(16-6-8-21(5)9-7-16)17-11-22(12-17)19(24)18-14(3)20-15(4)25-18/h13,16-17H,6-12H2,1-5H3. The smallest absolute Gasteiger partial charge is 0.265 e. The van der Waals surface area contributed by atoms with Gasteiger partial charge in [-0.1, -0.05) is 13.8 Å². The number of amides is 1. The number of carbonyl (C=O) groups is 1. The molecule has 0 saturated carbocycles. The zero-order valence-corrected chi connectivity index (χ0v) is 17.1. The summed E-state index contributed by atoms with van der Waals surface area (Å²) in [6, 6.07) is 1.20. The lowest BCUT2D eigenvalue weighted by Gasteiger charge is -2.50. The molecule has 0 N–H and O–H groups in total. The summed E-state index contributed by atoms with van der Waals surface area (Å²) < 4.78 is 0. The monoisotopic (exact) mass is 364 g/mol. The van der Waals surface area contributed by atoms with Crippen LogP contribution in [0.3, 0.4) is 0 Å². The van der Waals surface area contributed by atoms with Crippen LogP contribution in [0, 0.1) is 19.8 Å². The molecule has 5 nitrogen and oxygen atoms in total. The van der Waals surface area contributed by atoms with Gasteiger partial charge in [-0.2, -0.15) is 0 Å². The molecule has 2 fully saturated rings. The second kappa shape index (κ2) is 7.72. The molecule has 1 aromatic rings. The molecule has 0 aromatic carbocycles. The summed E-state index contributed by atoms with van der Waals surface area (Å²) in [5.41, 5.74) is 0.880. The number of aromatic nitrogens is 1. The molecule has 6 heteroatoms. The Balaban J connectivity index is 1.61. The SMILES string of the molecule is Cc1nc(C)c(C(=O)N2CC(N(CC(C)C)C3CCN(C)CC3)C2)s1. The first-order chi connectivity index (χ1) is 11.8. The first-order valence-electron chi connectivity index (χ1n) is 9.52. The Hall–Kier alpha value is -0.980. The fraction of sp³-hybridized carbons (Fsp3) is 0.789. The van der Waals surface area contributed by atoms with Crippen molar-refractivity contribution in [1.29, 1.82) is 0 Å². The molecule has 2 saturated heterocycles. The molecule has 0 bridgehead atoms. The molecule has 25 heavy (non-hydrogen) atoms. The Bertz CT molecular complexity index is 601. The van der Waals surface area contributed by atoms with Crippen molar-refractivity contribution in [1.82, 2.24) is 19.7 Å². The number of piperidine rings is 1. The van der Waals surface area contributed by atoms with Gasteiger partial charge < -0.3 is 9.80 Å². The Morgan fingerprint density at radius 1 is 1.24 bits per heavy atom. The Morgan fingerprint density at radius 2 is 1.88 bits per heavy atom. The van der Waals surface area contributed by atoms with Crippen LogP contribution >= 0.6 is 11.3 Å². The Labute approximate surface area is 156 Å². The summed E-state index contributed by atoms with van der Waals surface area (Å²) in [7, 11) is 2.21. The quantitative estimate of drug-likeness (QED) is 0.805. The molecule has 140 valence electrons. The van der Waals surface area contributed by atoms with E-state index in [4.69, 9.17) is 0 Å². The van der Waals surface area contributed by atoms with Gasteiger partial charge in [0.25, 0.3) is 5.91 Å². The van der Waals surface area contributed by atoms with Gasteiger partial charge in [0.2, 0.25) is 0 Å². The highest BCUT2D eigenvalue weighted by Crippen LogP contribution is 2.27. The van der Waals surface area contributed by atoms with E-state index in [1.807, 2.05) is 18.7 Å². The van der Waals surface area contributed by atoms with E-state index in [0.717, 1.165) is 35.2 Å². The van der Waals surface area contributed by atoms with Gasteiger partial charge in [-0.15, -0.1) is 11.3 Å². The minimum Gasteiger partial charge on any atom is -0.335 e. The summed E-state index contributed by atoms with van der Waals surface area (Å²) in [5, 5.41) is 0.977. The summed E-state index contributed by atoms with van der Waals surface area (Å²) >= 11 is 1.53. The fourth-order valence-corrected chi connectivity index (χ4v) is 4.94. The van der Waals surface area contributed by atoms with Crippen molar-refractivity contribution < 1.29 is 4.79 Å². The van der Waals surface area contributed by atoms with Crippen molar-refractivity contribution in [2.24, 2.45) is 5.92 Å². The molecule has 3 rings (SSSR count). The Morgan fingerprint density at radius 3 is 2.40 bits per heavy atom. The maximum absolute atomic E-state index is 12.7. The third-order valence-corrected chi connectivity index (χ3v) is 6.51. The van der Waals surface area contributed by atoms with E-state index in [1.54, 1.807) is 0 Å². The molecule has 3 heterocycles. The zero-order chi connectivity index (χ0) is 18.1. The van der Waals surface area contributed by atoms with Crippen molar-refractivity contribution >= 4 is 17.2 Å². The van der Waals surface area contributed by atoms with Gasteiger partial charge in [0.15, 0.2) is 0 Å². The van der Waals surface area contributed by atoms with Crippen LogP contribution in [0.5, 0.6) is 0 Å². The number of aryl methyl sites for hydroxylation is 2. The van der Waals surface area contributed by atoms with Crippen LogP contribution in [0.1, 0.15) is 47.1 Å². The third-order valence-electron chi connectivity index (χ3n) is 5.45. The van der Waals surface area contributed by atoms with E-state index in [-0.39, 0.29) is 5.91 Å². The molecule has 1 aromatic heterocycles. The van der Waals surface area contributed by atoms with E-state index in [2.05, 4.69) is 35.7 Å². The number of nitrogens with zero attached hydrogens (tertiary/aromatic N) is 4. The second-order valence-corrected chi connectivity index (χ2v) is 9.34. The molecule has 2 aliphatic heterocycles. The van der Waals surface area contributed by atoms with Gasteiger partial charge in [0.1, 0.15) is 4.88 Å². The average molecular weight is 365 g/mol. The van der Waals surface area contributed by atoms with Crippen molar-refractivity contribution in [3.05, 3.63) is 15.6 Å².